The third kappa shape index (κ3) is 4.02. The molecule has 0 radical (unpaired) electrons. The Bertz CT molecular complexity index is 1250. The summed E-state index contributed by atoms with van der Waals surface area (Å²) in [4.78, 5) is 13.2. The lowest BCUT2D eigenvalue weighted by molar-refractivity contribution is -0.137. The molecule has 3 N–H and O–H groups in total. The molecule has 3 aromatic rings. The van der Waals surface area contributed by atoms with Crippen LogP contribution in [0.1, 0.15) is 33.8 Å². The fraction of sp³-hybridized carbons (Fsp3) is 0.240. The first-order valence-corrected chi connectivity index (χ1v) is 10.5. The van der Waals surface area contributed by atoms with Gasteiger partial charge in [0.15, 0.2) is 11.5 Å². The van der Waals surface area contributed by atoms with E-state index in [-0.39, 0.29) is 29.2 Å². The van der Waals surface area contributed by atoms with Crippen LogP contribution in [0.3, 0.4) is 0 Å². The molecule has 1 heterocycles. The van der Waals surface area contributed by atoms with Crippen LogP contribution in [-0.2, 0) is 22.9 Å². The second kappa shape index (κ2) is 7.81. The van der Waals surface area contributed by atoms with Crippen molar-refractivity contribution in [2.45, 2.75) is 31.0 Å². The number of amides is 1. The largest absolute Gasteiger partial charge is 0.454 e. The summed E-state index contributed by atoms with van der Waals surface area (Å²) < 4.78 is 51.6. The Morgan fingerprint density at radius 1 is 1.00 bits per heavy atom. The smallest absolute Gasteiger partial charge is 0.416 e. The van der Waals surface area contributed by atoms with E-state index in [1.165, 1.54) is 0 Å². The summed E-state index contributed by atoms with van der Waals surface area (Å²) in [5.41, 5.74) is 6.65. The van der Waals surface area contributed by atoms with E-state index in [4.69, 9.17) is 15.2 Å². The van der Waals surface area contributed by atoms with Gasteiger partial charge in [-0.05, 0) is 71.5 Å². The van der Waals surface area contributed by atoms with Crippen molar-refractivity contribution in [3.8, 4) is 22.6 Å². The number of nitrogens with one attached hydrogen (secondary N) is 1. The summed E-state index contributed by atoms with van der Waals surface area (Å²) in [5, 5.41) is 2.73. The number of carbonyl (C=O) groups excluding carboxylic acids is 1. The minimum absolute atomic E-state index is 0. The van der Waals surface area contributed by atoms with Crippen molar-refractivity contribution in [1.82, 2.24) is 0 Å². The Morgan fingerprint density at radius 2 is 1.79 bits per heavy atom. The minimum Gasteiger partial charge on any atom is -0.454 e. The second-order valence-corrected chi connectivity index (χ2v) is 8.31. The van der Waals surface area contributed by atoms with Gasteiger partial charge in [0.1, 0.15) is 0 Å². The molecule has 0 bridgehead atoms. The number of halogens is 3. The Labute approximate surface area is 192 Å². The van der Waals surface area contributed by atoms with Crippen LogP contribution < -0.4 is 20.5 Å². The third-order valence-electron chi connectivity index (χ3n) is 6.12. The zero-order valence-corrected chi connectivity index (χ0v) is 17.5. The van der Waals surface area contributed by atoms with Crippen LogP contribution in [0.2, 0.25) is 0 Å². The van der Waals surface area contributed by atoms with E-state index in [1.54, 1.807) is 42.5 Å². The van der Waals surface area contributed by atoms with Crippen molar-refractivity contribution in [3.05, 3.63) is 77.4 Å². The molecule has 0 unspecified atom stereocenters. The molecule has 1 fully saturated rings. The maximum absolute atomic E-state index is 13.6. The molecular formula is C25H27F3N2O3. The topological polar surface area (TPSA) is 73.6 Å². The highest BCUT2D eigenvalue weighted by atomic mass is 19.4. The number of hydrogen-bond donors (Lipinski definition) is 2. The van der Waals surface area contributed by atoms with Gasteiger partial charge in [0.05, 0.1) is 11.0 Å². The Balaban J connectivity index is 0.00000152. The number of benzene rings is 3. The zero-order chi connectivity index (χ0) is 23.2. The maximum Gasteiger partial charge on any atom is 0.416 e. The number of alkyl halides is 3. The van der Waals surface area contributed by atoms with Crippen LogP contribution in [0.15, 0.2) is 60.7 Å². The molecule has 5 nitrogen and oxygen atoms in total. The molecule has 1 aliphatic carbocycles. The van der Waals surface area contributed by atoms with Crippen LogP contribution in [0.5, 0.6) is 11.5 Å². The predicted octanol–water partition coefficient (Wildman–Crippen LogP) is 5.97. The molecule has 2 aliphatic rings. The van der Waals surface area contributed by atoms with E-state index in [0.29, 0.717) is 35.5 Å². The lowest BCUT2D eigenvalue weighted by Crippen LogP contribution is -2.28. The number of anilines is 1. The van der Waals surface area contributed by atoms with E-state index in [2.05, 4.69) is 5.32 Å². The van der Waals surface area contributed by atoms with Crippen molar-refractivity contribution in [2.24, 2.45) is 5.73 Å². The minimum atomic E-state index is -4.56. The van der Waals surface area contributed by atoms with Gasteiger partial charge in [-0.3, -0.25) is 4.79 Å². The number of ether oxygens (including phenoxy) is 2. The van der Waals surface area contributed by atoms with Gasteiger partial charge in [0, 0.05) is 16.5 Å². The maximum atomic E-state index is 13.6. The van der Waals surface area contributed by atoms with Crippen LogP contribution in [-0.4, -0.2) is 12.7 Å². The molecule has 0 spiro atoms. The summed E-state index contributed by atoms with van der Waals surface area (Å²) in [7, 11) is 0. The summed E-state index contributed by atoms with van der Waals surface area (Å²) in [6.45, 7) is 0.394. The van der Waals surface area contributed by atoms with Crippen molar-refractivity contribution in [2.75, 3.05) is 12.1 Å². The average Bonchev–Trinajstić information content (AvgIpc) is 3.49. The first kappa shape index (κ1) is 21.3. The van der Waals surface area contributed by atoms with Gasteiger partial charge in [0.25, 0.3) is 0 Å². The molecule has 0 atom stereocenters. The SMILES string of the molecule is NCc1cccc(-c2cc(NC(=O)C3(c4ccc5c(c4)OCO5)CC3)cc(C(F)(F)F)c2)c1.[HH].[HH].[HH]. The zero-order valence-electron chi connectivity index (χ0n) is 17.5. The van der Waals surface area contributed by atoms with Gasteiger partial charge in [0.2, 0.25) is 12.7 Å². The number of hydrogen-bond acceptors (Lipinski definition) is 4. The van der Waals surface area contributed by atoms with Crippen LogP contribution in [0, 0.1) is 0 Å². The molecule has 3 aromatic carbocycles. The number of fused-ring (bicyclic) bond motifs is 1. The molecule has 8 heteroatoms. The van der Waals surface area contributed by atoms with Gasteiger partial charge >= 0.3 is 6.18 Å². The van der Waals surface area contributed by atoms with Crippen molar-refractivity contribution in [1.29, 1.82) is 0 Å². The highest BCUT2D eigenvalue weighted by Gasteiger charge is 2.51. The van der Waals surface area contributed by atoms with E-state index >= 15 is 0 Å². The van der Waals surface area contributed by atoms with E-state index in [1.807, 2.05) is 6.07 Å². The van der Waals surface area contributed by atoms with Crippen LogP contribution in [0.4, 0.5) is 18.9 Å². The fourth-order valence-corrected chi connectivity index (χ4v) is 4.12. The molecule has 1 aliphatic heterocycles. The Hall–Kier alpha value is -3.52. The first-order valence-electron chi connectivity index (χ1n) is 10.5. The summed E-state index contributed by atoms with van der Waals surface area (Å²) >= 11 is 0. The lowest BCUT2D eigenvalue weighted by Gasteiger charge is -2.18. The third-order valence-corrected chi connectivity index (χ3v) is 6.12. The van der Waals surface area contributed by atoms with Crippen molar-refractivity contribution >= 4 is 11.6 Å². The van der Waals surface area contributed by atoms with E-state index in [9.17, 15) is 18.0 Å². The molecular weight excluding hydrogens is 433 g/mol. The van der Waals surface area contributed by atoms with Crippen LogP contribution in [0.25, 0.3) is 11.1 Å². The van der Waals surface area contributed by atoms with Gasteiger partial charge < -0.3 is 20.5 Å². The first-order chi connectivity index (χ1) is 15.8. The van der Waals surface area contributed by atoms with Gasteiger partial charge in [-0.2, -0.15) is 13.2 Å². The summed E-state index contributed by atoms with van der Waals surface area (Å²) in [5.74, 6) is 0.826. The fourth-order valence-electron chi connectivity index (χ4n) is 4.12. The van der Waals surface area contributed by atoms with Gasteiger partial charge in [-0.25, -0.2) is 0 Å². The quantitative estimate of drug-likeness (QED) is 0.492. The highest BCUT2D eigenvalue weighted by molar-refractivity contribution is 6.02. The number of carbonyl (C=O) groups is 1. The van der Waals surface area contributed by atoms with Crippen molar-refractivity contribution in [3.63, 3.8) is 0 Å². The normalized spacial score (nSPS) is 15.9. The molecule has 1 amide bonds. The Kier molecular flexibility index (Phi) is 5.05. The van der Waals surface area contributed by atoms with Crippen molar-refractivity contribution < 1.29 is 31.7 Å². The van der Waals surface area contributed by atoms with E-state index in [0.717, 1.165) is 23.3 Å². The molecule has 176 valence electrons. The average molecular weight is 460 g/mol. The standard InChI is InChI=1S/C25H21F3N2O3.3H2/c26-25(27,28)19-9-17(16-3-1-2-15(8-16)13-29)10-20(11-19)30-23(31)24(6-7-24)18-4-5-21-22(12-18)33-14-32-21;;;/h1-5,8-12H,6-7,13-14,29H2,(H,30,31);3*1H. The lowest BCUT2D eigenvalue weighted by atomic mass is 9.94. The van der Waals surface area contributed by atoms with Gasteiger partial charge in [-0.1, -0.05) is 24.3 Å². The molecule has 0 saturated heterocycles. The molecule has 0 aromatic heterocycles. The predicted molar refractivity (Wildman–Crippen MR) is 123 cm³/mol. The number of rotatable bonds is 5. The highest BCUT2D eigenvalue weighted by Crippen LogP contribution is 2.51. The van der Waals surface area contributed by atoms with Gasteiger partial charge in [-0.15, -0.1) is 0 Å². The second-order valence-electron chi connectivity index (χ2n) is 8.31. The molecule has 33 heavy (non-hydrogen) atoms. The monoisotopic (exact) mass is 460 g/mol. The Morgan fingerprint density at radius 3 is 2.52 bits per heavy atom. The summed E-state index contributed by atoms with van der Waals surface area (Å²) in [6, 6.07) is 15.9. The molecule has 5 rings (SSSR count). The summed E-state index contributed by atoms with van der Waals surface area (Å²) in [6.07, 6.45) is -3.36. The van der Waals surface area contributed by atoms with Crippen LogP contribution >= 0.6 is 0 Å². The number of nitrogens with two attached hydrogens (primary N) is 1. The van der Waals surface area contributed by atoms with E-state index < -0.39 is 17.2 Å². The molecule has 1 saturated carbocycles.